The van der Waals surface area contributed by atoms with Crippen molar-refractivity contribution >= 4 is 36.8 Å². The van der Waals surface area contributed by atoms with Gasteiger partial charge in [0.05, 0.1) is 5.69 Å². The Morgan fingerprint density at radius 2 is 1.97 bits per heavy atom. The van der Waals surface area contributed by atoms with E-state index in [2.05, 4.69) is 53.5 Å². The van der Waals surface area contributed by atoms with Crippen LogP contribution in [0.2, 0.25) is 25.7 Å². The fourth-order valence-electron chi connectivity index (χ4n) is 4.64. The summed E-state index contributed by atoms with van der Waals surface area (Å²) < 4.78 is 8.15. The normalized spacial score (nSPS) is 20.3. The van der Waals surface area contributed by atoms with Gasteiger partial charge in [-0.3, -0.25) is 4.79 Å². The third-order valence-corrected chi connectivity index (χ3v) is 8.20. The molecule has 3 heterocycles. The fourth-order valence-corrected chi connectivity index (χ4v) is 5.39. The van der Waals surface area contributed by atoms with Gasteiger partial charge in [-0.2, -0.15) is 0 Å². The Morgan fingerprint density at radius 3 is 2.61 bits per heavy atom. The van der Waals surface area contributed by atoms with Crippen molar-refractivity contribution in [2.24, 2.45) is 11.7 Å². The number of hydrogen-bond donors (Lipinski definition) is 2. The third kappa shape index (κ3) is 6.91. The molecule has 0 bridgehead atoms. The molecule has 2 aliphatic rings. The average Bonchev–Trinajstić information content (AvgIpc) is 3.18. The molecule has 0 radical (unpaired) electrons. The molecule has 7 nitrogen and oxygen atoms in total. The van der Waals surface area contributed by atoms with Crippen LogP contribution in [0.1, 0.15) is 38.2 Å². The molecular weight excluding hydrogens is 432 g/mol. The second-order valence-corrected chi connectivity index (χ2v) is 16.0. The van der Waals surface area contributed by atoms with Crippen LogP contribution in [0.4, 0.5) is 5.69 Å². The van der Waals surface area contributed by atoms with Gasteiger partial charge in [0.15, 0.2) is 0 Å². The minimum Gasteiger partial charge on any atom is -0.481 e. The number of carbonyl (C=O) groups is 1. The van der Waals surface area contributed by atoms with Crippen LogP contribution in [-0.2, 0) is 16.3 Å². The summed E-state index contributed by atoms with van der Waals surface area (Å²) in [6.07, 6.45) is 13.6. The second kappa shape index (κ2) is 11.3. The number of aliphatic carboxylic acids is 1. The molecule has 0 atom stereocenters. The van der Waals surface area contributed by atoms with Gasteiger partial charge in [-0.25, -0.2) is 4.98 Å². The van der Waals surface area contributed by atoms with Gasteiger partial charge in [-0.15, -0.1) is 0 Å². The summed E-state index contributed by atoms with van der Waals surface area (Å²) in [6.45, 7) is 11.5. The molecule has 2 aromatic rings. The number of aromatic nitrogens is 2. The van der Waals surface area contributed by atoms with Crippen molar-refractivity contribution in [3.05, 3.63) is 30.1 Å². The van der Waals surface area contributed by atoms with Crippen LogP contribution in [0.25, 0.3) is 17.1 Å². The smallest absolute Gasteiger partial charge is 0.300 e. The molecule has 1 aliphatic heterocycles. The summed E-state index contributed by atoms with van der Waals surface area (Å²) in [5.74, 6) is -0.127. The Kier molecular flexibility index (Phi) is 8.73. The van der Waals surface area contributed by atoms with Crippen molar-refractivity contribution in [2.75, 3.05) is 24.6 Å². The number of carboxylic acids is 1. The highest BCUT2D eigenvalue weighted by Gasteiger charge is 2.29. The van der Waals surface area contributed by atoms with Crippen molar-refractivity contribution in [3.63, 3.8) is 0 Å². The van der Waals surface area contributed by atoms with Crippen molar-refractivity contribution in [2.45, 2.75) is 71.1 Å². The minimum atomic E-state index is -1.06. The van der Waals surface area contributed by atoms with Crippen LogP contribution in [0.5, 0.6) is 0 Å². The van der Waals surface area contributed by atoms with Crippen LogP contribution < -0.4 is 10.6 Å². The SMILES string of the molecule is CC(=O)O.C[Si](C)(C)CCOCn1ccc2c3c(cnc21)C=CCN3C1CCC(CN)CC1. The first-order chi connectivity index (χ1) is 15.7. The first-order valence-corrected chi connectivity index (χ1v) is 15.8. The van der Waals surface area contributed by atoms with Gasteiger partial charge in [0.2, 0.25) is 0 Å². The maximum Gasteiger partial charge on any atom is 0.300 e. The first-order valence-electron chi connectivity index (χ1n) is 12.1. The Labute approximate surface area is 198 Å². The Bertz CT molecular complexity index is 954. The van der Waals surface area contributed by atoms with Gasteiger partial charge in [-0.1, -0.05) is 31.8 Å². The van der Waals surface area contributed by atoms with Gasteiger partial charge in [0.25, 0.3) is 5.97 Å². The molecule has 1 aliphatic carbocycles. The summed E-state index contributed by atoms with van der Waals surface area (Å²) in [7, 11) is -1.06. The van der Waals surface area contributed by atoms with Gasteiger partial charge >= 0.3 is 0 Å². The first kappa shape index (κ1) is 25.5. The number of anilines is 1. The van der Waals surface area contributed by atoms with E-state index in [1.165, 1.54) is 48.4 Å². The highest BCUT2D eigenvalue weighted by Crippen LogP contribution is 2.38. The largest absolute Gasteiger partial charge is 0.481 e. The zero-order chi connectivity index (χ0) is 24.0. The van der Waals surface area contributed by atoms with E-state index in [1.807, 2.05) is 6.20 Å². The summed E-state index contributed by atoms with van der Waals surface area (Å²) in [4.78, 5) is 16.4. The molecular formula is C25H40N4O3Si. The molecule has 0 amide bonds. The molecule has 8 heteroatoms. The number of rotatable bonds is 7. The van der Waals surface area contributed by atoms with Crippen LogP contribution >= 0.6 is 0 Å². The highest BCUT2D eigenvalue weighted by molar-refractivity contribution is 6.76. The predicted octanol–water partition coefficient (Wildman–Crippen LogP) is 4.79. The zero-order valence-corrected chi connectivity index (χ0v) is 21.6. The van der Waals surface area contributed by atoms with E-state index >= 15 is 0 Å². The molecule has 1 saturated carbocycles. The van der Waals surface area contributed by atoms with E-state index in [1.54, 1.807) is 0 Å². The molecule has 3 N–H and O–H groups in total. The van der Waals surface area contributed by atoms with E-state index in [-0.39, 0.29) is 0 Å². The average molecular weight is 473 g/mol. The van der Waals surface area contributed by atoms with E-state index in [4.69, 9.17) is 25.4 Å². The van der Waals surface area contributed by atoms with Crippen LogP contribution in [0.3, 0.4) is 0 Å². The monoisotopic (exact) mass is 472 g/mol. The molecule has 0 spiro atoms. The van der Waals surface area contributed by atoms with E-state index in [9.17, 15) is 0 Å². The van der Waals surface area contributed by atoms with E-state index in [0.717, 1.165) is 32.3 Å². The number of hydrogen-bond acceptors (Lipinski definition) is 5. The molecule has 0 aromatic carbocycles. The fraction of sp³-hybridized carbons (Fsp3) is 0.600. The molecule has 0 saturated heterocycles. The molecule has 1 fully saturated rings. The van der Waals surface area contributed by atoms with Crippen LogP contribution in [-0.4, -0.2) is 54.4 Å². The maximum absolute atomic E-state index is 9.00. The molecule has 0 unspecified atom stereocenters. The summed E-state index contributed by atoms with van der Waals surface area (Å²) in [5.41, 5.74) is 9.54. The van der Waals surface area contributed by atoms with E-state index < -0.39 is 14.0 Å². The lowest BCUT2D eigenvalue weighted by Gasteiger charge is -2.40. The topological polar surface area (TPSA) is 93.6 Å². The van der Waals surface area contributed by atoms with Crippen molar-refractivity contribution in [1.82, 2.24) is 9.55 Å². The van der Waals surface area contributed by atoms with Gasteiger partial charge in [-0.05, 0) is 50.3 Å². The number of pyridine rings is 1. The molecule has 182 valence electrons. The number of fused-ring (bicyclic) bond motifs is 3. The lowest BCUT2D eigenvalue weighted by molar-refractivity contribution is -0.134. The molecule has 33 heavy (non-hydrogen) atoms. The summed E-state index contributed by atoms with van der Waals surface area (Å²) >= 11 is 0. The quantitative estimate of drug-likeness (QED) is 0.444. The van der Waals surface area contributed by atoms with Crippen LogP contribution in [0.15, 0.2) is 24.5 Å². The predicted molar refractivity (Wildman–Crippen MR) is 138 cm³/mol. The minimum absolute atomic E-state index is 0.581. The zero-order valence-electron chi connectivity index (χ0n) is 20.6. The summed E-state index contributed by atoms with van der Waals surface area (Å²) in [6, 6.07) is 4.02. The molecule has 2 aromatic heterocycles. The van der Waals surface area contributed by atoms with Gasteiger partial charge in [0, 0.05) is 57.5 Å². The lowest BCUT2D eigenvalue weighted by atomic mass is 9.84. The number of nitrogens with zero attached hydrogens (tertiary/aromatic N) is 3. The van der Waals surface area contributed by atoms with Gasteiger partial charge < -0.3 is 25.0 Å². The standard InChI is InChI=1S/C23H36N4OSi.C2H4O2/c1-29(2,3)14-13-28-17-26-12-10-21-22-19(16-25-23(21)26)5-4-11-27(22)20-8-6-18(15-24)7-9-20;1-2(3)4/h4-5,10,12,16,18,20H,6-9,11,13-15,17,24H2,1-3H3;1H3,(H,3,4). The van der Waals surface area contributed by atoms with Crippen LogP contribution in [0, 0.1) is 5.92 Å². The number of ether oxygens (including phenoxy) is 1. The highest BCUT2D eigenvalue weighted by atomic mass is 28.3. The number of nitrogens with two attached hydrogens (primary N) is 1. The lowest BCUT2D eigenvalue weighted by Crippen LogP contribution is -2.40. The number of carboxylic acid groups (broad SMARTS) is 1. The third-order valence-electron chi connectivity index (χ3n) is 6.49. The summed E-state index contributed by atoms with van der Waals surface area (Å²) in [5, 5.41) is 8.67. The Morgan fingerprint density at radius 1 is 1.27 bits per heavy atom. The van der Waals surface area contributed by atoms with Crippen molar-refractivity contribution < 1.29 is 14.6 Å². The van der Waals surface area contributed by atoms with Crippen molar-refractivity contribution in [3.8, 4) is 0 Å². The van der Waals surface area contributed by atoms with Crippen molar-refractivity contribution in [1.29, 1.82) is 0 Å². The Hall–Kier alpha value is -2.16. The molecule has 4 rings (SSSR count). The second-order valence-electron chi connectivity index (χ2n) is 10.4. The maximum atomic E-state index is 9.00. The Balaban J connectivity index is 0.000000709. The van der Waals surface area contributed by atoms with E-state index in [0.29, 0.717) is 18.7 Å². The van der Waals surface area contributed by atoms with Gasteiger partial charge in [0.1, 0.15) is 12.4 Å².